The number of aromatic amines is 1. The van der Waals surface area contributed by atoms with Crippen molar-refractivity contribution in [3.05, 3.63) is 32.6 Å². The Morgan fingerprint density at radius 2 is 2.24 bits per heavy atom. The van der Waals surface area contributed by atoms with Crippen LogP contribution in [0.25, 0.3) is 0 Å². The third kappa shape index (κ3) is 5.52. The standard InChI is InChI=1S/C16H26N4O5/c1-19(2)5-7-25-13-4-6-24-10-12(13)18-14(21)8-11-9-17-16(23)20(3)15(11)22/h9,12-13H,4-8,10H2,1-3H3,(H,17,23)(H,18,21)/t12-,13+/m1/s1. The number of nitrogens with zero attached hydrogens (tertiary/aromatic N) is 2. The predicted octanol–water partition coefficient (Wildman–Crippen LogP) is -1.53. The highest BCUT2D eigenvalue weighted by Crippen LogP contribution is 2.12. The van der Waals surface area contributed by atoms with Crippen molar-refractivity contribution in [2.45, 2.75) is 25.0 Å². The van der Waals surface area contributed by atoms with Crippen LogP contribution >= 0.6 is 0 Å². The number of aromatic nitrogens is 2. The lowest BCUT2D eigenvalue weighted by Gasteiger charge is -2.32. The second kappa shape index (κ2) is 8.93. The van der Waals surface area contributed by atoms with E-state index in [4.69, 9.17) is 9.47 Å². The van der Waals surface area contributed by atoms with Crippen LogP contribution in [0.5, 0.6) is 0 Å². The Morgan fingerprint density at radius 3 is 2.96 bits per heavy atom. The summed E-state index contributed by atoms with van der Waals surface area (Å²) in [5, 5.41) is 2.87. The van der Waals surface area contributed by atoms with E-state index in [1.807, 2.05) is 19.0 Å². The van der Waals surface area contributed by atoms with Crippen molar-refractivity contribution in [2.24, 2.45) is 7.05 Å². The van der Waals surface area contributed by atoms with Crippen molar-refractivity contribution in [1.29, 1.82) is 0 Å². The molecule has 1 aliphatic rings. The van der Waals surface area contributed by atoms with Gasteiger partial charge in [0.1, 0.15) is 0 Å². The molecule has 0 bridgehead atoms. The minimum absolute atomic E-state index is 0.107. The second-order valence-corrected chi connectivity index (χ2v) is 6.41. The summed E-state index contributed by atoms with van der Waals surface area (Å²) in [5.41, 5.74) is -0.747. The molecule has 0 aliphatic carbocycles. The van der Waals surface area contributed by atoms with Gasteiger partial charge in [-0.2, -0.15) is 0 Å². The highest BCUT2D eigenvalue weighted by Gasteiger charge is 2.28. The van der Waals surface area contributed by atoms with Gasteiger partial charge in [-0.05, 0) is 20.5 Å². The van der Waals surface area contributed by atoms with Crippen LogP contribution in [0.3, 0.4) is 0 Å². The van der Waals surface area contributed by atoms with E-state index in [1.165, 1.54) is 13.2 Å². The van der Waals surface area contributed by atoms with Gasteiger partial charge in [0.2, 0.25) is 5.91 Å². The predicted molar refractivity (Wildman–Crippen MR) is 91.7 cm³/mol. The van der Waals surface area contributed by atoms with E-state index in [1.54, 1.807) is 0 Å². The van der Waals surface area contributed by atoms with Crippen LogP contribution in [0, 0.1) is 0 Å². The van der Waals surface area contributed by atoms with Crippen molar-refractivity contribution in [2.75, 3.05) is 40.5 Å². The lowest BCUT2D eigenvalue weighted by molar-refractivity contribution is -0.125. The molecular weight excluding hydrogens is 328 g/mol. The van der Waals surface area contributed by atoms with Gasteiger partial charge in [-0.25, -0.2) is 4.79 Å². The van der Waals surface area contributed by atoms with E-state index < -0.39 is 11.2 Å². The minimum Gasteiger partial charge on any atom is -0.379 e. The number of amides is 1. The molecule has 1 aromatic rings. The van der Waals surface area contributed by atoms with Crippen LogP contribution < -0.4 is 16.6 Å². The minimum atomic E-state index is -0.510. The lowest BCUT2D eigenvalue weighted by atomic mass is 10.1. The van der Waals surface area contributed by atoms with Crippen LogP contribution in [-0.2, 0) is 27.7 Å². The molecule has 25 heavy (non-hydrogen) atoms. The molecule has 1 fully saturated rings. The molecular formula is C16H26N4O5. The highest BCUT2D eigenvalue weighted by molar-refractivity contribution is 5.78. The summed E-state index contributed by atoms with van der Waals surface area (Å²) in [6.45, 7) is 2.34. The molecule has 0 radical (unpaired) electrons. The lowest BCUT2D eigenvalue weighted by Crippen LogP contribution is -2.51. The van der Waals surface area contributed by atoms with Gasteiger partial charge in [-0.1, -0.05) is 0 Å². The van der Waals surface area contributed by atoms with Crippen molar-refractivity contribution >= 4 is 5.91 Å². The number of H-pyrrole nitrogens is 1. The van der Waals surface area contributed by atoms with E-state index in [9.17, 15) is 14.4 Å². The van der Waals surface area contributed by atoms with Crippen molar-refractivity contribution in [3.63, 3.8) is 0 Å². The van der Waals surface area contributed by atoms with Gasteiger partial charge in [0.05, 0.1) is 31.8 Å². The van der Waals surface area contributed by atoms with Gasteiger partial charge in [0.15, 0.2) is 0 Å². The molecule has 0 aromatic carbocycles. The Labute approximate surface area is 145 Å². The molecule has 140 valence electrons. The van der Waals surface area contributed by atoms with E-state index in [-0.39, 0.29) is 30.0 Å². The first kappa shape index (κ1) is 19.4. The first-order valence-electron chi connectivity index (χ1n) is 8.29. The van der Waals surface area contributed by atoms with Gasteiger partial charge in [-0.15, -0.1) is 0 Å². The fourth-order valence-corrected chi connectivity index (χ4v) is 2.61. The Balaban J connectivity index is 1.94. The van der Waals surface area contributed by atoms with Gasteiger partial charge in [-0.3, -0.25) is 14.2 Å². The monoisotopic (exact) mass is 354 g/mol. The maximum absolute atomic E-state index is 12.3. The number of carbonyl (C=O) groups excluding carboxylic acids is 1. The first-order chi connectivity index (χ1) is 11.9. The summed E-state index contributed by atoms with van der Waals surface area (Å²) in [4.78, 5) is 40.1. The molecule has 0 spiro atoms. The fourth-order valence-electron chi connectivity index (χ4n) is 2.61. The Bertz CT molecular complexity index is 697. The maximum atomic E-state index is 12.3. The first-order valence-corrected chi connectivity index (χ1v) is 8.29. The summed E-state index contributed by atoms with van der Waals surface area (Å²) >= 11 is 0. The Hall–Kier alpha value is -1.97. The fraction of sp³-hybridized carbons (Fsp3) is 0.688. The zero-order chi connectivity index (χ0) is 18.4. The Morgan fingerprint density at radius 1 is 1.48 bits per heavy atom. The topological polar surface area (TPSA) is 106 Å². The van der Waals surface area contributed by atoms with Crippen LogP contribution in [0.1, 0.15) is 12.0 Å². The molecule has 1 saturated heterocycles. The average molecular weight is 354 g/mol. The third-order valence-corrected chi connectivity index (χ3v) is 4.11. The number of hydrogen-bond donors (Lipinski definition) is 2. The number of ether oxygens (including phenoxy) is 2. The molecule has 2 heterocycles. The normalized spacial score (nSPS) is 20.6. The molecule has 0 unspecified atom stereocenters. The smallest absolute Gasteiger partial charge is 0.328 e. The van der Waals surface area contributed by atoms with Crippen molar-refractivity contribution in [3.8, 4) is 0 Å². The highest BCUT2D eigenvalue weighted by atomic mass is 16.5. The quantitative estimate of drug-likeness (QED) is 0.615. The summed E-state index contributed by atoms with van der Waals surface area (Å²) in [7, 11) is 5.31. The summed E-state index contributed by atoms with van der Waals surface area (Å²) in [6.07, 6.45) is 1.77. The average Bonchev–Trinajstić information content (AvgIpc) is 2.57. The maximum Gasteiger partial charge on any atom is 0.328 e. The van der Waals surface area contributed by atoms with E-state index >= 15 is 0 Å². The molecule has 9 heteroatoms. The van der Waals surface area contributed by atoms with Crippen molar-refractivity contribution < 1.29 is 14.3 Å². The van der Waals surface area contributed by atoms with Gasteiger partial charge < -0.3 is 24.7 Å². The summed E-state index contributed by atoms with van der Waals surface area (Å²) < 4.78 is 12.2. The van der Waals surface area contributed by atoms with Crippen molar-refractivity contribution in [1.82, 2.24) is 19.8 Å². The Kier molecular flexibility index (Phi) is 6.91. The zero-order valence-corrected chi connectivity index (χ0v) is 14.9. The van der Waals surface area contributed by atoms with E-state index in [2.05, 4.69) is 10.3 Å². The van der Waals surface area contributed by atoms with Crippen LogP contribution in [0.4, 0.5) is 0 Å². The molecule has 9 nitrogen and oxygen atoms in total. The SMILES string of the molecule is CN(C)CCO[C@H]1CCOC[C@H]1NC(=O)Cc1c[nH]c(=O)n(C)c1=O. The number of likely N-dealkylation sites (N-methyl/N-ethyl adjacent to an activating group) is 1. The van der Waals surface area contributed by atoms with E-state index in [0.29, 0.717) is 26.2 Å². The third-order valence-electron chi connectivity index (χ3n) is 4.11. The van der Waals surface area contributed by atoms with Gasteiger partial charge in [0, 0.05) is 32.0 Å². The number of rotatable bonds is 7. The largest absolute Gasteiger partial charge is 0.379 e. The summed E-state index contributed by atoms with van der Waals surface area (Å²) in [5.74, 6) is -0.305. The molecule has 2 N–H and O–H groups in total. The summed E-state index contributed by atoms with van der Waals surface area (Å²) in [6, 6.07) is -0.255. The molecule has 1 aromatic heterocycles. The molecule has 2 rings (SSSR count). The number of carbonyl (C=O) groups is 1. The van der Waals surface area contributed by atoms with Crippen LogP contribution in [0.15, 0.2) is 15.8 Å². The van der Waals surface area contributed by atoms with E-state index in [0.717, 1.165) is 11.1 Å². The van der Waals surface area contributed by atoms with Gasteiger partial charge >= 0.3 is 5.69 Å². The zero-order valence-electron chi connectivity index (χ0n) is 14.9. The van der Waals surface area contributed by atoms with Crippen LogP contribution in [-0.4, -0.2) is 73.0 Å². The second-order valence-electron chi connectivity index (χ2n) is 6.41. The van der Waals surface area contributed by atoms with Crippen LogP contribution in [0.2, 0.25) is 0 Å². The van der Waals surface area contributed by atoms with Gasteiger partial charge in [0.25, 0.3) is 5.56 Å². The molecule has 1 amide bonds. The number of hydrogen-bond acceptors (Lipinski definition) is 6. The molecule has 0 saturated carbocycles. The number of nitrogens with one attached hydrogen (secondary N) is 2. The molecule has 1 aliphatic heterocycles. The molecule has 2 atom stereocenters.